The standard InChI is InChI=1S/C13H18NO3S/c1-10-7-5-6-8-11(10)18(16)14-9-12(15)17-13(2,3)4/h5-7,18H,9H2,1-4H3. The zero-order valence-electron chi connectivity index (χ0n) is 11.1. The molecule has 0 aliphatic rings. The van der Waals surface area contributed by atoms with Crippen molar-refractivity contribution in [1.82, 2.24) is 0 Å². The number of carbonyl (C=O) groups is 1. The van der Waals surface area contributed by atoms with Gasteiger partial charge in [-0.1, -0.05) is 18.2 Å². The summed E-state index contributed by atoms with van der Waals surface area (Å²) in [7, 11) is -1.95. The predicted octanol–water partition coefficient (Wildman–Crippen LogP) is 2.16. The Bertz CT molecular complexity index is 511. The molecule has 1 radical (unpaired) electrons. The van der Waals surface area contributed by atoms with Crippen molar-refractivity contribution in [3.8, 4) is 0 Å². The maximum Gasteiger partial charge on any atom is 0.328 e. The highest BCUT2D eigenvalue weighted by molar-refractivity contribution is 7.75. The number of ether oxygens (including phenoxy) is 1. The molecule has 1 unspecified atom stereocenters. The molecule has 5 heteroatoms. The largest absolute Gasteiger partial charge is 0.459 e. The van der Waals surface area contributed by atoms with Crippen LogP contribution < -0.4 is 0 Å². The van der Waals surface area contributed by atoms with Gasteiger partial charge in [0.2, 0.25) is 0 Å². The molecule has 1 aromatic carbocycles. The van der Waals surface area contributed by atoms with E-state index in [1.807, 2.05) is 19.1 Å². The van der Waals surface area contributed by atoms with Crippen molar-refractivity contribution >= 4 is 16.6 Å². The van der Waals surface area contributed by atoms with Crippen LogP contribution in [0.15, 0.2) is 27.5 Å². The molecule has 0 aromatic heterocycles. The minimum atomic E-state index is -1.95. The number of aryl methyl sites for hydroxylation is 1. The third-order valence-corrected chi connectivity index (χ3v) is 3.24. The third-order valence-electron chi connectivity index (χ3n) is 1.98. The summed E-state index contributed by atoms with van der Waals surface area (Å²) in [4.78, 5) is 12.0. The molecule has 0 amide bonds. The first kappa shape index (κ1) is 14.7. The second-order valence-electron chi connectivity index (χ2n) is 4.86. The molecule has 0 heterocycles. The average Bonchev–Trinajstić information content (AvgIpc) is 2.24. The van der Waals surface area contributed by atoms with Crippen LogP contribution in [-0.2, 0) is 20.1 Å². The second-order valence-corrected chi connectivity index (χ2v) is 6.14. The first-order chi connectivity index (χ1) is 8.29. The molecule has 0 spiro atoms. The van der Waals surface area contributed by atoms with Crippen LogP contribution in [0, 0.1) is 13.0 Å². The Hall–Kier alpha value is -1.36. The number of hydrogen-bond acceptors (Lipinski definition) is 4. The normalized spacial score (nSPS) is 13.3. The molecular formula is C13H18NO3S. The van der Waals surface area contributed by atoms with Gasteiger partial charge in [-0.05, 0) is 39.3 Å². The Labute approximate surface area is 110 Å². The first-order valence-electron chi connectivity index (χ1n) is 5.63. The molecule has 1 atom stereocenters. The van der Waals surface area contributed by atoms with Crippen LogP contribution in [0.4, 0.5) is 0 Å². The smallest absolute Gasteiger partial charge is 0.328 e. The van der Waals surface area contributed by atoms with Gasteiger partial charge in [0.15, 0.2) is 0 Å². The summed E-state index contributed by atoms with van der Waals surface area (Å²) in [5.41, 5.74) is 0.305. The molecule has 18 heavy (non-hydrogen) atoms. The lowest BCUT2D eigenvalue weighted by Crippen LogP contribution is -2.25. The van der Waals surface area contributed by atoms with Crippen molar-refractivity contribution in [2.24, 2.45) is 4.36 Å². The van der Waals surface area contributed by atoms with E-state index in [0.29, 0.717) is 4.90 Å². The lowest BCUT2D eigenvalue weighted by Gasteiger charge is -2.18. The maximum atomic E-state index is 11.9. The van der Waals surface area contributed by atoms with Gasteiger partial charge in [0.25, 0.3) is 0 Å². The quantitative estimate of drug-likeness (QED) is 0.675. The van der Waals surface area contributed by atoms with Gasteiger partial charge in [0.1, 0.15) is 12.1 Å². The Kier molecular flexibility index (Phi) is 4.90. The van der Waals surface area contributed by atoms with E-state index in [9.17, 15) is 9.00 Å². The number of hydrogen-bond donors (Lipinski definition) is 1. The number of nitrogens with zero attached hydrogens (tertiary/aromatic N) is 1. The predicted molar refractivity (Wildman–Crippen MR) is 71.0 cm³/mol. The van der Waals surface area contributed by atoms with Crippen molar-refractivity contribution in [2.45, 2.75) is 38.2 Å². The number of carbonyl (C=O) groups excluding carboxylic acids is 1. The summed E-state index contributed by atoms with van der Waals surface area (Å²) in [6.45, 7) is 6.97. The first-order valence-corrected chi connectivity index (χ1v) is 6.84. The average molecular weight is 268 g/mol. The summed E-state index contributed by atoms with van der Waals surface area (Å²) in [5.74, 6) is -0.473. The van der Waals surface area contributed by atoms with Crippen molar-refractivity contribution < 1.29 is 13.7 Å². The zero-order chi connectivity index (χ0) is 13.8. The third kappa shape index (κ3) is 4.87. The summed E-state index contributed by atoms with van der Waals surface area (Å²) in [6, 6.07) is 8.21. The molecule has 0 aliphatic carbocycles. The van der Waals surface area contributed by atoms with E-state index in [0.717, 1.165) is 5.56 Å². The van der Waals surface area contributed by atoms with E-state index in [2.05, 4.69) is 10.4 Å². The van der Waals surface area contributed by atoms with Gasteiger partial charge in [0.05, 0.1) is 15.5 Å². The number of esters is 1. The lowest BCUT2D eigenvalue weighted by atomic mass is 10.2. The van der Waals surface area contributed by atoms with Crippen LogP contribution in [0.5, 0.6) is 0 Å². The molecular weight excluding hydrogens is 250 g/mol. The van der Waals surface area contributed by atoms with Gasteiger partial charge >= 0.3 is 5.97 Å². The van der Waals surface area contributed by atoms with Gasteiger partial charge in [0, 0.05) is 0 Å². The maximum absolute atomic E-state index is 11.9. The van der Waals surface area contributed by atoms with Gasteiger partial charge in [-0.2, -0.15) is 0 Å². The number of benzene rings is 1. The molecule has 4 nitrogen and oxygen atoms in total. The fraction of sp³-hybridized carbons (Fsp3) is 0.462. The zero-order valence-corrected chi connectivity index (χ0v) is 12.0. The van der Waals surface area contributed by atoms with Crippen molar-refractivity contribution in [1.29, 1.82) is 0 Å². The molecule has 0 bridgehead atoms. The molecule has 99 valence electrons. The fourth-order valence-electron chi connectivity index (χ4n) is 1.28. The van der Waals surface area contributed by atoms with E-state index < -0.39 is 22.2 Å². The van der Waals surface area contributed by atoms with Crippen LogP contribution >= 0.6 is 0 Å². The van der Waals surface area contributed by atoms with Crippen LogP contribution in [0.2, 0.25) is 0 Å². The minimum Gasteiger partial charge on any atom is -0.459 e. The Morgan fingerprint density at radius 1 is 1.50 bits per heavy atom. The number of thiol groups is 1. The van der Waals surface area contributed by atoms with Gasteiger partial charge in [-0.15, -0.1) is 0 Å². The lowest BCUT2D eigenvalue weighted by molar-refractivity contribution is -0.152. The molecule has 0 fully saturated rings. The van der Waals surface area contributed by atoms with E-state index in [-0.39, 0.29) is 6.54 Å². The van der Waals surface area contributed by atoms with Crippen molar-refractivity contribution in [3.63, 3.8) is 0 Å². The Balaban J connectivity index is 2.72. The topological polar surface area (TPSA) is 55.7 Å². The van der Waals surface area contributed by atoms with Crippen LogP contribution in [0.3, 0.4) is 0 Å². The summed E-state index contributed by atoms with van der Waals surface area (Å²) in [5, 5.41) is 0. The Morgan fingerprint density at radius 2 is 2.17 bits per heavy atom. The summed E-state index contributed by atoms with van der Waals surface area (Å²) < 4.78 is 20.8. The fourth-order valence-corrected chi connectivity index (χ4v) is 2.23. The van der Waals surface area contributed by atoms with Gasteiger partial charge < -0.3 is 4.74 Å². The number of rotatable bonds is 3. The van der Waals surface area contributed by atoms with E-state index >= 15 is 0 Å². The minimum absolute atomic E-state index is 0.200. The van der Waals surface area contributed by atoms with Crippen LogP contribution in [0.25, 0.3) is 0 Å². The molecule has 0 aliphatic heterocycles. The molecule has 1 rings (SSSR count). The highest BCUT2D eigenvalue weighted by Gasteiger charge is 2.15. The monoisotopic (exact) mass is 268 g/mol. The van der Waals surface area contributed by atoms with Gasteiger partial charge in [-0.25, -0.2) is 8.57 Å². The van der Waals surface area contributed by atoms with Crippen LogP contribution in [0.1, 0.15) is 26.3 Å². The summed E-state index contributed by atoms with van der Waals surface area (Å²) >= 11 is 0. The van der Waals surface area contributed by atoms with Crippen molar-refractivity contribution in [3.05, 3.63) is 29.8 Å². The van der Waals surface area contributed by atoms with E-state index in [1.165, 1.54) is 0 Å². The second kappa shape index (κ2) is 6.00. The van der Waals surface area contributed by atoms with E-state index in [1.54, 1.807) is 26.8 Å². The molecule has 0 saturated heterocycles. The Morgan fingerprint density at radius 3 is 2.72 bits per heavy atom. The molecule has 0 saturated carbocycles. The van der Waals surface area contributed by atoms with Crippen molar-refractivity contribution in [2.75, 3.05) is 6.54 Å². The molecule has 0 N–H and O–H groups in total. The van der Waals surface area contributed by atoms with Gasteiger partial charge in [-0.3, -0.25) is 4.79 Å². The molecule has 1 aromatic rings. The van der Waals surface area contributed by atoms with E-state index in [4.69, 9.17) is 4.74 Å². The van der Waals surface area contributed by atoms with Crippen LogP contribution in [-0.4, -0.2) is 22.3 Å². The summed E-state index contributed by atoms with van der Waals surface area (Å²) in [6.07, 6.45) is 0. The highest BCUT2D eigenvalue weighted by atomic mass is 32.2. The highest BCUT2D eigenvalue weighted by Crippen LogP contribution is 2.10. The SMILES string of the molecule is Cc1ccc[c]c1/[SH](=O)=N/CC(=O)OC(C)(C)C.